The third-order valence-electron chi connectivity index (χ3n) is 7.97. The number of hydrogen-bond acceptors (Lipinski definition) is 6. The molecular weight excluding hydrogens is 569 g/mol. The normalized spacial score (nSPS) is 21.7. The molecule has 1 amide bonds. The molecule has 43 heavy (non-hydrogen) atoms. The first-order valence-corrected chi connectivity index (χ1v) is 14.1. The summed E-state index contributed by atoms with van der Waals surface area (Å²) in [6.45, 7) is 8.97. The van der Waals surface area contributed by atoms with Crippen molar-refractivity contribution >= 4 is 23.1 Å². The molecule has 0 spiro atoms. The molecule has 12 heteroatoms. The Bertz CT molecular complexity index is 1470. The number of morpholine rings is 1. The fourth-order valence-electron chi connectivity index (χ4n) is 5.65. The number of amides is 1. The van der Waals surface area contributed by atoms with E-state index >= 15 is 4.39 Å². The summed E-state index contributed by atoms with van der Waals surface area (Å²) in [5.41, 5.74) is -1.10. The summed E-state index contributed by atoms with van der Waals surface area (Å²) in [4.78, 5) is 23.9. The highest BCUT2D eigenvalue weighted by atomic mass is 19.4. The minimum absolute atomic E-state index is 0.0256. The zero-order chi connectivity index (χ0) is 31.1. The smallest absolute Gasteiger partial charge is 0.372 e. The molecule has 0 bridgehead atoms. The number of nitrogens with zero attached hydrogens (tertiary/aromatic N) is 4. The largest absolute Gasteiger partial charge is 0.417 e. The summed E-state index contributed by atoms with van der Waals surface area (Å²) < 4.78 is 76.3. The zero-order valence-corrected chi connectivity index (χ0v) is 24.4. The molecule has 3 aromatic rings. The molecule has 2 aliphatic heterocycles. The molecule has 2 aliphatic rings. The molecule has 5 rings (SSSR count). The molecule has 3 atom stereocenters. The second-order valence-electron chi connectivity index (χ2n) is 11.3. The Morgan fingerprint density at radius 1 is 0.953 bits per heavy atom. The van der Waals surface area contributed by atoms with Crippen LogP contribution in [0.2, 0.25) is 0 Å². The van der Waals surface area contributed by atoms with Gasteiger partial charge in [-0.3, -0.25) is 4.79 Å². The summed E-state index contributed by atoms with van der Waals surface area (Å²) >= 11 is 0. The van der Waals surface area contributed by atoms with Crippen LogP contribution in [0.15, 0.2) is 48.7 Å². The van der Waals surface area contributed by atoms with Gasteiger partial charge >= 0.3 is 6.18 Å². The number of rotatable bonds is 5. The van der Waals surface area contributed by atoms with Crippen LogP contribution in [0.5, 0.6) is 0 Å². The van der Waals surface area contributed by atoms with Crippen molar-refractivity contribution in [1.29, 1.82) is 0 Å². The average molecular weight is 604 g/mol. The van der Waals surface area contributed by atoms with Gasteiger partial charge in [-0.15, -0.1) is 0 Å². The van der Waals surface area contributed by atoms with Crippen molar-refractivity contribution in [3.05, 3.63) is 71.4 Å². The third kappa shape index (κ3) is 6.75. The van der Waals surface area contributed by atoms with Crippen LogP contribution in [-0.2, 0) is 10.9 Å². The first kappa shape index (κ1) is 30.7. The Labute approximate surface area is 247 Å². The number of pyridine rings is 1. The lowest BCUT2D eigenvalue weighted by atomic mass is 10.0. The van der Waals surface area contributed by atoms with Crippen LogP contribution >= 0.6 is 0 Å². The maximum atomic E-state index is 15.7. The first-order chi connectivity index (χ1) is 20.3. The lowest BCUT2D eigenvalue weighted by Gasteiger charge is -2.39. The van der Waals surface area contributed by atoms with Crippen molar-refractivity contribution in [2.75, 3.05) is 54.9 Å². The van der Waals surface area contributed by atoms with Gasteiger partial charge in [-0.1, -0.05) is 0 Å². The molecular formula is C31H34F5N5O2. The van der Waals surface area contributed by atoms with E-state index in [4.69, 9.17) is 4.74 Å². The van der Waals surface area contributed by atoms with Gasteiger partial charge in [-0.2, -0.15) is 13.2 Å². The zero-order valence-electron chi connectivity index (χ0n) is 24.4. The van der Waals surface area contributed by atoms with E-state index in [2.05, 4.69) is 20.1 Å². The number of piperazine rings is 1. The molecule has 0 aliphatic carbocycles. The number of carbonyl (C=O) groups is 1. The van der Waals surface area contributed by atoms with Crippen LogP contribution in [0.25, 0.3) is 11.1 Å². The van der Waals surface area contributed by atoms with Crippen LogP contribution in [-0.4, -0.2) is 73.8 Å². The Morgan fingerprint density at radius 2 is 1.67 bits per heavy atom. The van der Waals surface area contributed by atoms with Gasteiger partial charge in [0, 0.05) is 56.1 Å². The minimum atomic E-state index is -4.96. The monoisotopic (exact) mass is 603 g/mol. The molecule has 1 N–H and O–H groups in total. The molecule has 2 fully saturated rings. The van der Waals surface area contributed by atoms with Crippen LogP contribution < -0.4 is 15.1 Å². The van der Waals surface area contributed by atoms with Gasteiger partial charge in [-0.25, -0.2) is 13.8 Å². The van der Waals surface area contributed by atoms with E-state index < -0.39 is 34.8 Å². The van der Waals surface area contributed by atoms with Gasteiger partial charge in [0.1, 0.15) is 17.5 Å². The summed E-state index contributed by atoms with van der Waals surface area (Å²) in [7, 11) is 1.97. The van der Waals surface area contributed by atoms with Gasteiger partial charge in [0.2, 0.25) is 0 Å². The maximum Gasteiger partial charge on any atom is 0.417 e. The SMILES string of the molecule is C[C@@H]1CN(c2ccc(-c3cc(NC(=O)c4ccc(F)cc4C(F)(F)F)c(N4CCN(C)[C@@H](C)C4)cc3F)cn2)C[C@H](C)O1. The number of alkyl halides is 3. The standard InChI is InChI=1S/C31H34F5N5O2/c1-18-15-40(10-9-39(18)4)28-13-26(33)24(21-5-8-29(37-14-21)41-16-19(2)43-20(3)17-41)12-27(28)38-30(42)23-7-6-22(32)11-25(23)31(34,35)36/h5-8,11-14,18-20H,9-10,15-17H2,1-4H3,(H,38,42)/t18-,19-,20+/m0/s1. The fourth-order valence-corrected chi connectivity index (χ4v) is 5.65. The summed E-state index contributed by atoms with van der Waals surface area (Å²) in [6.07, 6.45) is -3.37. The lowest BCUT2D eigenvalue weighted by Crippen LogP contribution is -2.50. The second kappa shape index (κ2) is 12.1. The van der Waals surface area contributed by atoms with Crippen molar-refractivity contribution < 1.29 is 31.5 Å². The average Bonchev–Trinajstić information content (AvgIpc) is 2.94. The Balaban J connectivity index is 1.52. The number of carbonyl (C=O) groups excluding carboxylic acids is 1. The summed E-state index contributed by atoms with van der Waals surface area (Å²) in [6, 6.07) is 8.19. The molecule has 0 saturated carbocycles. The molecule has 0 radical (unpaired) electrons. The molecule has 1 aromatic heterocycles. The summed E-state index contributed by atoms with van der Waals surface area (Å²) in [5, 5.41) is 2.57. The van der Waals surface area contributed by atoms with Gasteiger partial charge < -0.3 is 24.8 Å². The number of ether oxygens (including phenoxy) is 1. The van der Waals surface area contributed by atoms with Gasteiger partial charge in [0.15, 0.2) is 0 Å². The Hall–Kier alpha value is -3.77. The van der Waals surface area contributed by atoms with Crippen LogP contribution in [0.4, 0.5) is 39.1 Å². The Kier molecular flexibility index (Phi) is 8.62. The topological polar surface area (TPSA) is 60.9 Å². The summed E-state index contributed by atoms with van der Waals surface area (Å²) in [5.74, 6) is -2.06. The highest BCUT2D eigenvalue weighted by molar-refractivity contribution is 6.07. The molecule has 7 nitrogen and oxygen atoms in total. The molecule has 3 heterocycles. The van der Waals surface area contributed by atoms with E-state index in [0.29, 0.717) is 49.8 Å². The second-order valence-corrected chi connectivity index (χ2v) is 11.3. The molecule has 2 saturated heterocycles. The minimum Gasteiger partial charge on any atom is -0.372 e. The van der Waals surface area contributed by atoms with Crippen LogP contribution in [0, 0.1) is 11.6 Å². The first-order valence-electron chi connectivity index (χ1n) is 14.1. The predicted octanol–water partition coefficient (Wildman–Crippen LogP) is 6.05. The highest BCUT2D eigenvalue weighted by Gasteiger charge is 2.36. The maximum absolute atomic E-state index is 15.7. The number of nitrogens with one attached hydrogen (secondary N) is 1. The Morgan fingerprint density at radius 3 is 2.30 bits per heavy atom. The molecule has 0 unspecified atom stereocenters. The van der Waals surface area contributed by atoms with Crippen LogP contribution in [0.1, 0.15) is 36.7 Å². The number of aromatic nitrogens is 1. The van der Waals surface area contributed by atoms with E-state index in [1.807, 2.05) is 32.7 Å². The van der Waals surface area contributed by atoms with Crippen LogP contribution in [0.3, 0.4) is 0 Å². The van der Waals surface area contributed by atoms with E-state index in [1.165, 1.54) is 18.3 Å². The van der Waals surface area contributed by atoms with Crippen molar-refractivity contribution in [2.45, 2.75) is 45.2 Å². The molecule has 2 aromatic carbocycles. The number of halogens is 5. The quantitative estimate of drug-likeness (QED) is 0.359. The van der Waals surface area contributed by atoms with E-state index in [9.17, 15) is 22.4 Å². The lowest BCUT2D eigenvalue weighted by molar-refractivity contribution is -0.138. The van der Waals surface area contributed by atoms with Crippen molar-refractivity contribution in [1.82, 2.24) is 9.88 Å². The van der Waals surface area contributed by atoms with E-state index in [1.54, 1.807) is 12.1 Å². The van der Waals surface area contributed by atoms with Crippen molar-refractivity contribution in [3.8, 4) is 11.1 Å². The van der Waals surface area contributed by atoms with Gasteiger partial charge in [0.25, 0.3) is 5.91 Å². The van der Waals surface area contributed by atoms with Gasteiger partial charge in [0.05, 0.1) is 34.7 Å². The van der Waals surface area contributed by atoms with Crippen molar-refractivity contribution in [3.63, 3.8) is 0 Å². The molecule has 230 valence electrons. The van der Waals surface area contributed by atoms with Gasteiger partial charge in [-0.05, 0) is 70.3 Å². The van der Waals surface area contributed by atoms with Crippen molar-refractivity contribution in [2.24, 2.45) is 0 Å². The van der Waals surface area contributed by atoms with E-state index in [0.717, 1.165) is 12.1 Å². The highest BCUT2D eigenvalue weighted by Crippen LogP contribution is 2.37. The number of likely N-dealkylation sites (N-methyl/N-ethyl adjacent to an activating group) is 1. The number of anilines is 3. The van der Waals surface area contributed by atoms with E-state index in [-0.39, 0.29) is 35.6 Å². The predicted molar refractivity (Wildman–Crippen MR) is 156 cm³/mol. The third-order valence-corrected chi connectivity index (χ3v) is 7.97. The number of benzene rings is 2. The number of hydrogen-bond donors (Lipinski definition) is 1. The fraction of sp³-hybridized carbons (Fsp3) is 0.419.